The predicted molar refractivity (Wildman–Crippen MR) is 94.3 cm³/mol. The molecule has 7 nitrogen and oxygen atoms in total. The second kappa shape index (κ2) is 7.14. The topological polar surface area (TPSA) is 93.1 Å². The molecule has 3 rings (SSSR count). The molecule has 8 heteroatoms. The SMILES string of the molecule is Cc1nc2ccccc2c(=O)n1CC(=O)NC(=O)Nc1ccccc1F. The summed E-state index contributed by atoms with van der Waals surface area (Å²) in [5.74, 6) is -1.000. The molecule has 0 atom stereocenters. The Kier molecular flexibility index (Phi) is 4.74. The summed E-state index contributed by atoms with van der Waals surface area (Å²) in [6.07, 6.45) is 0. The van der Waals surface area contributed by atoms with Crippen LogP contribution in [0.5, 0.6) is 0 Å². The lowest BCUT2D eigenvalue weighted by Crippen LogP contribution is -2.39. The summed E-state index contributed by atoms with van der Waals surface area (Å²) < 4.78 is 14.7. The lowest BCUT2D eigenvalue weighted by molar-refractivity contribution is -0.120. The molecule has 0 unspecified atom stereocenters. The highest BCUT2D eigenvalue weighted by Crippen LogP contribution is 2.12. The van der Waals surface area contributed by atoms with Crippen LogP contribution in [-0.4, -0.2) is 21.5 Å². The minimum Gasteiger partial charge on any atom is -0.305 e. The molecule has 2 aromatic carbocycles. The standard InChI is InChI=1S/C18H15FN4O3/c1-11-20-14-8-4-2-6-12(14)17(25)23(11)10-16(24)22-18(26)21-15-9-5-3-7-13(15)19/h2-9H,10H2,1H3,(H2,21,22,24,26). The number of hydrogen-bond donors (Lipinski definition) is 2. The first-order valence-corrected chi connectivity index (χ1v) is 7.77. The Morgan fingerprint density at radius 3 is 2.58 bits per heavy atom. The molecule has 0 saturated heterocycles. The highest BCUT2D eigenvalue weighted by atomic mass is 19.1. The van der Waals surface area contributed by atoms with Crippen LogP contribution in [0.2, 0.25) is 0 Å². The van der Waals surface area contributed by atoms with Crippen molar-refractivity contribution < 1.29 is 14.0 Å². The average molecular weight is 354 g/mol. The van der Waals surface area contributed by atoms with Crippen LogP contribution in [0.25, 0.3) is 10.9 Å². The molecule has 1 heterocycles. The Balaban J connectivity index is 1.74. The highest BCUT2D eigenvalue weighted by molar-refractivity contribution is 6.01. The number of benzene rings is 2. The van der Waals surface area contributed by atoms with Gasteiger partial charge in [-0.1, -0.05) is 24.3 Å². The summed E-state index contributed by atoms with van der Waals surface area (Å²) in [7, 11) is 0. The van der Waals surface area contributed by atoms with E-state index in [-0.39, 0.29) is 17.8 Å². The molecule has 0 aliphatic heterocycles. The number of carbonyl (C=O) groups is 2. The third-order valence-electron chi connectivity index (χ3n) is 3.73. The van der Waals surface area contributed by atoms with Gasteiger partial charge in [0.2, 0.25) is 5.91 Å². The van der Waals surface area contributed by atoms with Gasteiger partial charge in [-0.05, 0) is 31.2 Å². The number of fused-ring (bicyclic) bond motifs is 1. The summed E-state index contributed by atoms with van der Waals surface area (Å²) in [5.41, 5.74) is 0.0974. The van der Waals surface area contributed by atoms with E-state index < -0.39 is 17.8 Å². The van der Waals surface area contributed by atoms with Crippen molar-refractivity contribution >= 4 is 28.5 Å². The number of carbonyl (C=O) groups excluding carboxylic acids is 2. The van der Waals surface area contributed by atoms with Crippen molar-refractivity contribution in [3.8, 4) is 0 Å². The summed E-state index contributed by atoms with van der Waals surface area (Å²) in [6, 6.07) is 11.5. The minimum absolute atomic E-state index is 0.0569. The number of hydrogen-bond acceptors (Lipinski definition) is 4. The van der Waals surface area contributed by atoms with Crippen molar-refractivity contribution in [3.05, 3.63) is 70.5 Å². The predicted octanol–water partition coefficient (Wildman–Crippen LogP) is 2.19. The number of imide groups is 1. The van der Waals surface area contributed by atoms with Gasteiger partial charge in [-0.3, -0.25) is 19.5 Å². The summed E-state index contributed by atoms with van der Waals surface area (Å²) >= 11 is 0. The zero-order valence-corrected chi connectivity index (χ0v) is 13.8. The Labute approximate surface area is 147 Å². The molecule has 0 saturated carbocycles. The molecular formula is C18H15FN4O3. The molecule has 3 aromatic rings. The van der Waals surface area contributed by atoms with Crippen molar-refractivity contribution in [1.82, 2.24) is 14.9 Å². The molecule has 1 aromatic heterocycles. The maximum atomic E-state index is 13.5. The summed E-state index contributed by atoms with van der Waals surface area (Å²) in [6.45, 7) is 1.22. The van der Waals surface area contributed by atoms with E-state index in [1.54, 1.807) is 37.3 Å². The number of rotatable bonds is 3. The van der Waals surface area contributed by atoms with Crippen LogP contribution in [0.1, 0.15) is 5.82 Å². The van der Waals surface area contributed by atoms with E-state index in [0.29, 0.717) is 16.7 Å². The van der Waals surface area contributed by atoms with Crippen molar-refractivity contribution in [2.45, 2.75) is 13.5 Å². The van der Waals surface area contributed by atoms with E-state index in [1.807, 2.05) is 0 Å². The molecule has 0 aliphatic carbocycles. The molecular weight excluding hydrogens is 339 g/mol. The van der Waals surface area contributed by atoms with Gasteiger partial charge >= 0.3 is 6.03 Å². The second-order valence-corrected chi connectivity index (χ2v) is 5.55. The first-order valence-electron chi connectivity index (χ1n) is 7.77. The molecule has 3 amide bonds. The van der Waals surface area contributed by atoms with E-state index in [9.17, 15) is 18.8 Å². The number of halogens is 1. The zero-order chi connectivity index (χ0) is 18.7. The molecule has 26 heavy (non-hydrogen) atoms. The zero-order valence-electron chi connectivity index (χ0n) is 13.8. The van der Waals surface area contributed by atoms with Crippen LogP contribution in [-0.2, 0) is 11.3 Å². The van der Waals surface area contributed by atoms with Gasteiger partial charge in [0.15, 0.2) is 0 Å². The van der Waals surface area contributed by atoms with E-state index in [4.69, 9.17) is 0 Å². The Morgan fingerprint density at radius 2 is 1.81 bits per heavy atom. The molecule has 0 spiro atoms. The normalized spacial score (nSPS) is 10.5. The lowest BCUT2D eigenvalue weighted by Gasteiger charge is -2.11. The van der Waals surface area contributed by atoms with Crippen LogP contribution < -0.4 is 16.2 Å². The van der Waals surface area contributed by atoms with E-state index >= 15 is 0 Å². The van der Waals surface area contributed by atoms with Crippen LogP contribution in [0.3, 0.4) is 0 Å². The third kappa shape index (κ3) is 3.59. The maximum Gasteiger partial charge on any atom is 0.326 e. The number of amides is 3. The summed E-state index contributed by atoms with van der Waals surface area (Å²) in [4.78, 5) is 40.7. The molecule has 0 aliphatic rings. The summed E-state index contributed by atoms with van der Waals surface area (Å²) in [5, 5.41) is 4.68. The number of para-hydroxylation sites is 2. The number of nitrogens with one attached hydrogen (secondary N) is 2. The van der Waals surface area contributed by atoms with Crippen LogP contribution in [0, 0.1) is 12.7 Å². The smallest absolute Gasteiger partial charge is 0.305 e. The van der Waals surface area contributed by atoms with Crippen LogP contribution >= 0.6 is 0 Å². The van der Waals surface area contributed by atoms with Gasteiger partial charge < -0.3 is 5.32 Å². The second-order valence-electron chi connectivity index (χ2n) is 5.55. The fraction of sp³-hybridized carbons (Fsp3) is 0.111. The Bertz CT molecular complexity index is 1060. The van der Waals surface area contributed by atoms with Crippen molar-refractivity contribution in [2.24, 2.45) is 0 Å². The number of aromatic nitrogens is 2. The maximum absolute atomic E-state index is 13.5. The third-order valence-corrected chi connectivity index (χ3v) is 3.73. The Morgan fingerprint density at radius 1 is 1.12 bits per heavy atom. The highest BCUT2D eigenvalue weighted by Gasteiger charge is 2.14. The van der Waals surface area contributed by atoms with Gasteiger partial charge in [0.05, 0.1) is 16.6 Å². The number of nitrogens with zero attached hydrogens (tertiary/aromatic N) is 2. The minimum atomic E-state index is -0.889. The fourth-order valence-electron chi connectivity index (χ4n) is 2.49. The van der Waals surface area contributed by atoms with E-state index in [1.165, 1.54) is 22.8 Å². The van der Waals surface area contributed by atoms with Crippen LogP contribution in [0.15, 0.2) is 53.3 Å². The van der Waals surface area contributed by atoms with E-state index in [2.05, 4.69) is 15.6 Å². The lowest BCUT2D eigenvalue weighted by atomic mass is 10.2. The van der Waals surface area contributed by atoms with Crippen molar-refractivity contribution in [1.29, 1.82) is 0 Å². The van der Waals surface area contributed by atoms with Crippen molar-refractivity contribution in [2.75, 3.05) is 5.32 Å². The Hall–Kier alpha value is -3.55. The average Bonchev–Trinajstić information content (AvgIpc) is 2.60. The quantitative estimate of drug-likeness (QED) is 0.754. The van der Waals surface area contributed by atoms with Gasteiger partial charge in [-0.2, -0.15) is 0 Å². The molecule has 132 valence electrons. The van der Waals surface area contributed by atoms with Crippen LogP contribution in [0.4, 0.5) is 14.9 Å². The first-order chi connectivity index (χ1) is 12.5. The number of anilines is 1. The van der Waals surface area contributed by atoms with Gasteiger partial charge in [-0.15, -0.1) is 0 Å². The van der Waals surface area contributed by atoms with Gasteiger partial charge in [-0.25, -0.2) is 14.2 Å². The molecule has 2 N–H and O–H groups in total. The van der Waals surface area contributed by atoms with Crippen molar-refractivity contribution in [3.63, 3.8) is 0 Å². The van der Waals surface area contributed by atoms with Gasteiger partial charge in [0.25, 0.3) is 5.56 Å². The van der Waals surface area contributed by atoms with Gasteiger partial charge in [0.1, 0.15) is 18.2 Å². The van der Waals surface area contributed by atoms with E-state index in [0.717, 1.165) is 0 Å². The largest absolute Gasteiger partial charge is 0.326 e. The van der Waals surface area contributed by atoms with Gasteiger partial charge in [0, 0.05) is 0 Å². The molecule has 0 radical (unpaired) electrons. The monoisotopic (exact) mass is 354 g/mol. The molecule has 0 bridgehead atoms. The molecule has 0 fully saturated rings. The number of urea groups is 1. The number of aryl methyl sites for hydroxylation is 1. The first kappa shape index (κ1) is 17.3. The fourth-order valence-corrected chi connectivity index (χ4v) is 2.49.